The second-order valence-corrected chi connectivity index (χ2v) is 54.8. The highest BCUT2D eigenvalue weighted by atomic mass is 32.2. The second-order valence-electron chi connectivity index (χ2n) is 38.5. The maximum Gasteiger partial charge on any atom is 0.159 e. The highest BCUT2D eigenvalue weighted by Gasteiger charge is 2.29. The number of halogens is 8. The van der Waals surface area contributed by atoms with Crippen LogP contribution in [0.3, 0.4) is 0 Å². The van der Waals surface area contributed by atoms with E-state index in [4.69, 9.17) is 0 Å². The number of sulfone groups is 6. The van der Waals surface area contributed by atoms with Crippen LogP contribution in [0, 0.1) is 53.5 Å². The smallest absolute Gasteiger partial charge is 0.159 e. The Morgan fingerprint density at radius 1 is 0.241 bits per heavy atom. The van der Waals surface area contributed by atoms with Gasteiger partial charge in [0.25, 0.3) is 0 Å². The van der Waals surface area contributed by atoms with E-state index >= 15 is 0 Å². The number of hydrogen-bond donors (Lipinski definition) is 0. The number of fused-ring (bicyclic) bond motifs is 4. The van der Waals surface area contributed by atoms with Gasteiger partial charge in [-0.25, -0.2) is 85.6 Å². The quantitative estimate of drug-likeness (QED) is 0.0336. The van der Waals surface area contributed by atoms with E-state index in [1.165, 1.54) is 103 Å². The van der Waals surface area contributed by atoms with E-state index in [1.807, 2.05) is 72.8 Å². The van der Waals surface area contributed by atoms with Crippen molar-refractivity contribution in [2.75, 3.05) is 0 Å². The Bertz CT molecular complexity index is 7300. The van der Waals surface area contributed by atoms with Crippen LogP contribution in [0.25, 0.3) is 21.2 Å². The third kappa shape index (κ3) is 35.6. The van der Waals surface area contributed by atoms with E-state index in [1.54, 1.807) is 149 Å². The number of aryl methyl sites for hydroxylation is 11. The lowest BCUT2D eigenvalue weighted by Gasteiger charge is -2.14. The van der Waals surface area contributed by atoms with Crippen LogP contribution in [0.1, 0.15) is 207 Å². The van der Waals surface area contributed by atoms with Gasteiger partial charge in [-0.2, -0.15) is 0 Å². The summed E-state index contributed by atoms with van der Waals surface area (Å²) in [6.07, 6.45) is 8.28. The third-order valence-corrected chi connectivity index (χ3v) is 39.7. The summed E-state index contributed by atoms with van der Waals surface area (Å²) in [5, 5.41) is 1.20. The van der Waals surface area contributed by atoms with Gasteiger partial charge in [0.15, 0.2) is 70.7 Å². The lowest BCUT2D eigenvalue weighted by atomic mass is 9.90. The van der Waals surface area contributed by atoms with Gasteiger partial charge in [0.2, 0.25) is 0 Å². The van der Waals surface area contributed by atoms with Crippen molar-refractivity contribution in [2.24, 2.45) is 0 Å². The standard InChI is InChI=1S/C25H26O2S.C21H24O2S2.4C18H20F2O2S/c1-18(2)28(26,27)17-20-13-11-19(12-14-20)15-16-25-23-9-5-3-7-21(23)22-8-4-6-10-24(22)25;1-15(2)25(22,23)14-18-7-4-17(5-8-18)6-9-19-12-16(3)21-20(13-19)10-11-24-21;1-13(2)23(21,22)12-15-6-3-14(4-7-15)5-8-16-9-17(19)11-18(20)10-16;1-13(2)23(21,22)12-16-7-4-14(5-8-16)3-6-15-9-10-17(19)18(20)11-15;1-13(2)23(21,22)12-15-5-3-14(4-6-15)7-8-16-9-10-17(19)11-18(16)20;1-13(2)23(21,22)12-15-8-6-14(7-9-15)10-11-16-17(19)4-3-5-18(16)20/h3-14,18,25H,15-17H2,1-2H3;4-5,7-8,10-13,15H,6,9,14H2,1-3H3;3-4,6-7,9-11,13H,5,8,12H2,1-2H3;4-5,7-11,13H,3,6,12H2,1-2H3;3-6,9-11,13H,7-8,12H2,1-2H3;3-9,13H,10-12H2,1-2H3. The minimum Gasteiger partial charge on any atom is -0.228 e. The summed E-state index contributed by atoms with van der Waals surface area (Å²) in [6.45, 7) is 22.4. The van der Waals surface area contributed by atoms with Gasteiger partial charge in [-0.15, -0.1) is 11.3 Å². The highest BCUT2D eigenvalue weighted by Crippen LogP contribution is 2.47. The topological polar surface area (TPSA) is 205 Å². The summed E-state index contributed by atoms with van der Waals surface area (Å²) >= 11 is 1.80. The van der Waals surface area contributed by atoms with E-state index < -0.39 is 127 Å². The third-order valence-electron chi connectivity index (χ3n) is 25.6. The predicted molar refractivity (Wildman–Crippen MR) is 576 cm³/mol. The fraction of sp³-hybridized carbons (Fsp3) is 0.322. The minimum atomic E-state index is -3.13. The Labute approximate surface area is 857 Å². The molecule has 0 fully saturated rings. The normalized spacial score (nSPS) is 12.2. The number of rotatable bonds is 36. The molecular weight excluding hydrogens is 1990 g/mol. The van der Waals surface area contributed by atoms with Crippen LogP contribution >= 0.6 is 11.3 Å². The molecule has 0 atom stereocenters. The first-order valence-corrected chi connectivity index (χ1v) is 59.8. The Kier molecular flexibility index (Phi) is 42.4. The van der Waals surface area contributed by atoms with Gasteiger partial charge in [-0.05, 0) is 343 Å². The maximum atomic E-state index is 13.6. The van der Waals surface area contributed by atoms with Gasteiger partial charge in [-0.3, -0.25) is 0 Å². The molecule has 0 radical (unpaired) electrons. The molecule has 1 aromatic heterocycles. The van der Waals surface area contributed by atoms with E-state index in [9.17, 15) is 85.6 Å². The van der Waals surface area contributed by atoms with Gasteiger partial charge >= 0.3 is 0 Å². The van der Waals surface area contributed by atoms with Crippen molar-refractivity contribution in [3.8, 4) is 11.1 Å². The number of benzene rings is 13. The molecule has 1 aliphatic rings. The molecule has 0 aliphatic heterocycles. The SMILES string of the molecule is CC(C)S(=O)(=O)Cc1ccc(CCC2c3ccccc3-c3ccccc32)cc1.CC(C)S(=O)(=O)Cc1ccc(CCc2c(F)cccc2F)cc1.CC(C)S(=O)(=O)Cc1ccc(CCc2cc(F)cc(F)c2)cc1.CC(C)S(=O)(=O)Cc1ccc(CCc2ccc(F)c(F)c2)cc1.CC(C)S(=O)(=O)Cc1ccc(CCc2ccc(F)cc2F)cc1.Cc1cc(CCc2ccc(CS(=O)(=O)C(C)C)cc2)cc2ccsc12. The van der Waals surface area contributed by atoms with Crippen molar-refractivity contribution >= 4 is 80.4 Å². The molecule has 0 saturated carbocycles. The zero-order chi connectivity index (χ0) is 106. The predicted octanol–water partition coefficient (Wildman–Crippen LogP) is 27.4. The average Bonchev–Trinajstić information content (AvgIpc) is 1.61. The van der Waals surface area contributed by atoms with Gasteiger partial charge in [0, 0.05) is 28.3 Å². The lowest BCUT2D eigenvalue weighted by molar-refractivity contribution is 0.507. The van der Waals surface area contributed by atoms with Crippen molar-refractivity contribution < 1.29 is 85.6 Å². The Morgan fingerprint density at radius 2 is 0.545 bits per heavy atom. The summed E-state index contributed by atoms with van der Waals surface area (Å²) in [5.74, 6) is -4.26. The van der Waals surface area contributed by atoms with Crippen molar-refractivity contribution in [3.63, 3.8) is 0 Å². The molecule has 0 amide bonds. The molecule has 0 spiro atoms. The van der Waals surface area contributed by atoms with Crippen molar-refractivity contribution in [1.82, 2.24) is 0 Å². The molecule has 0 N–H and O–H groups in total. The largest absolute Gasteiger partial charge is 0.228 e. The second kappa shape index (κ2) is 53.0. The van der Waals surface area contributed by atoms with Crippen LogP contribution in [0.2, 0.25) is 0 Å². The van der Waals surface area contributed by atoms with Crippen LogP contribution in [0.4, 0.5) is 35.1 Å². The van der Waals surface area contributed by atoms with Crippen molar-refractivity contribution in [3.05, 3.63) is 448 Å². The molecule has 1 heterocycles. The first-order chi connectivity index (χ1) is 68.4. The monoisotopic (exact) mass is 2110 g/mol. The molecule has 0 bridgehead atoms. The Hall–Kier alpha value is -11.0. The number of thiophene rings is 1. The van der Waals surface area contributed by atoms with E-state index in [0.717, 1.165) is 105 Å². The Morgan fingerprint density at radius 3 is 0.890 bits per heavy atom. The van der Waals surface area contributed by atoms with Crippen LogP contribution in [-0.2, 0) is 164 Å². The lowest BCUT2D eigenvalue weighted by Crippen LogP contribution is -2.15. The van der Waals surface area contributed by atoms with Crippen molar-refractivity contribution in [1.29, 1.82) is 0 Å². The molecule has 145 heavy (non-hydrogen) atoms. The molecule has 0 saturated heterocycles. The molecule has 1 aliphatic carbocycles. The van der Waals surface area contributed by atoms with Gasteiger partial charge in [-0.1, -0.05) is 224 Å². The summed E-state index contributed by atoms with van der Waals surface area (Å²) in [6, 6.07) is 84.2. The summed E-state index contributed by atoms with van der Waals surface area (Å²) in [4.78, 5) is 0. The molecule has 13 aromatic carbocycles. The van der Waals surface area contributed by atoms with E-state index in [-0.39, 0.29) is 57.0 Å². The van der Waals surface area contributed by atoms with Gasteiger partial charge in [0.05, 0.1) is 66.0 Å². The highest BCUT2D eigenvalue weighted by molar-refractivity contribution is 7.92. The van der Waals surface area contributed by atoms with E-state index in [2.05, 4.69) is 103 Å². The van der Waals surface area contributed by atoms with Crippen molar-refractivity contribution in [2.45, 2.75) is 239 Å². The minimum absolute atomic E-state index is 0.00683. The fourth-order valence-electron chi connectivity index (χ4n) is 15.9. The van der Waals surface area contributed by atoms with Crippen LogP contribution in [0.5, 0.6) is 0 Å². The summed E-state index contributed by atoms with van der Waals surface area (Å²) in [7, 11) is -18.6. The zero-order valence-corrected chi connectivity index (χ0v) is 90.0. The number of hydrogen-bond acceptors (Lipinski definition) is 13. The fourth-order valence-corrected chi connectivity index (χ4v) is 22.7. The van der Waals surface area contributed by atoms with Gasteiger partial charge < -0.3 is 0 Å². The first kappa shape index (κ1) is 116. The Balaban J connectivity index is 0.000000179. The molecule has 15 rings (SSSR count). The maximum absolute atomic E-state index is 13.6. The zero-order valence-electron chi connectivity index (χ0n) is 84.3. The molecule has 12 nitrogen and oxygen atoms in total. The van der Waals surface area contributed by atoms with Crippen LogP contribution < -0.4 is 0 Å². The molecule has 14 aromatic rings. The van der Waals surface area contributed by atoms with E-state index in [0.29, 0.717) is 62.0 Å². The van der Waals surface area contributed by atoms with Gasteiger partial charge in [0.1, 0.15) is 34.9 Å². The molecule has 772 valence electrons. The summed E-state index contributed by atoms with van der Waals surface area (Å²) in [5.41, 5.74) is 21.3. The van der Waals surface area contributed by atoms with Crippen LogP contribution in [-0.4, -0.2) is 82.0 Å². The molecule has 0 unspecified atom stereocenters. The first-order valence-electron chi connectivity index (χ1n) is 48.6. The van der Waals surface area contributed by atoms with Crippen LogP contribution in [0.15, 0.2) is 290 Å². The average molecular weight is 2120 g/mol. The molecule has 27 heteroatoms. The summed E-state index contributed by atoms with van der Waals surface area (Å²) < 4.78 is 251. The molecular formula is C118H130F8O12S7.